The molecule has 0 fully saturated rings. The van der Waals surface area contributed by atoms with Crippen LogP contribution in [0.1, 0.15) is 5.82 Å². The molecule has 7 heteroatoms. The average molecular weight is 327 g/mol. The third-order valence-corrected chi connectivity index (χ3v) is 3.78. The summed E-state index contributed by atoms with van der Waals surface area (Å²) in [6.07, 6.45) is 0. The molecule has 1 aromatic carbocycles. The first-order valence-electron chi connectivity index (χ1n) is 5.66. The molecule has 0 saturated heterocycles. The lowest BCUT2D eigenvalue weighted by molar-refractivity contribution is 0.287. The molecule has 2 heterocycles. The van der Waals surface area contributed by atoms with E-state index in [-0.39, 0.29) is 6.61 Å². The number of aromatic nitrogens is 2. The van der Waals surface area contributed by atoms with Crippen molar-refractivity contribution in [3.8, 4) is 17.2 Å². The number of rotatable bonds is 4. The van der Waals surface area contributed by atoms with E-state index in [0.717, 1.165) is 5.56 Å². The molecule has 0 atom stereocenters. The summed E-state index contributed by atoms with van der Waals surface area (Å²) in [6, 6.07) is 7.07. The van der Waals surface area contributed by atoms with Crippen LogP contribution in [0.4, 0.5) is 0 Å². The van der Waals surface area contributed by atoms with Gasteiger partial charge in [-0.05, 0) is 23.6 Å². The van der Waals surface area contributed by atoms with Gasteiger partial charge < -0.3 is 9.26 Å². The van der Waals surface area contributed by atoms with Gasteiger partial charge in [-0.15, -0.1) is 0 Å². The zero-order valence-corrected chi connectivity index (χ0v) is 12.4. The van der Waals surface area contributed by atoms with Crippen molar-refractivity contribution in [3.63, 3.8) is 0 Å². The van der Waals surface area contributed by atoms with Crippen molar-refractivity contribution in [1.82, 2.24) is 10.1 Å². The van der Waals surface area contributed by atoms with Crippen molar-refractivity contribution >= 4 is 34.5 Å². The molecule has 0 radical (unpaired) electrons. The predicted molar refractivity (Wildman–Crippen MR) is 78.4 cm³/mol. The number of hydrogen-bond acceptors (Lipinski definition) is 5. The van der Waals surface area contributed by atoms with E-state index >= 15 is 0 Å². The van der Waals surface area contributed by atoms with Gasteiger partial charge in [0.25, 0.3) is 5.89 Å². The van der Waals surface area contributed by atoms with Crippen molar-refractivity contribution in [2.75, 3.05) is 0 Å². The molecule has 102 valence electrons. The fourth-order valence-corrected chi connectivity index (χ4v) is 2.71. The maximum absolute atomic E-state index is 6.01. The second-order valence-electron chi connectivity index (χ2n) is 3.87. The number of hydrogen-bond donors (Lipinski definition) is 0. The summed E-state index contributed by atoms with van der Waals surface area (Å²) in [7, 11) is 0. The third kappa shape index (κ3) is 2.80. The number of halogens is 2. The second-order valence-corrected chi connectivity index (χ2v) is 5.46. The van der Waals surface area contributed by atoms with Crippen LogP contribution in [0.5, 0.6) is 5.75 Å². The molecule has 2 aromatic heterocycles. The van der Waals surface area contributed by atoms with Crippen molar-refractivity contribution in [1.29, 1.82) is 0 Å². The molecule has 3 aromatic rings. The minimum atomic E-state index is 0.136. The minimum absolute atomic E-state index is 0.136. The van der Waals surface area contributed by atoms with Gasteiger partial charge in [0.05, 0.1) is 15.6 Å². The summed E-state index contributed by atoms with van der Waals surface area (Å²) in [5.41, 5.74) is 0.893. The van der Waals surface area contributed by atoms with E-state index in [0.29, 0.717) is 27.5 Å². The Balaban J connectivity index is 1.73. The van der Waals surface area contributed by atoms with Gasteiger partial charge in [-0.3, -0.25) is 0 Å². The molecule has 0 aliphatic heterocycles. The highest BCUT2D eigenvalue weighted by molar-refractivity contribution is 7.08. The fraction of sp³-hybridized carbons (Fsp3) is 0.0769. The summed E-state index contributed by atoms with van der Waals surface area (Å²) >= 11 is 13.6. The lowest BCUT2D eigenvalue weighted by atomic mass is 10.3. The molecule has 0 N–H and O–H groups in total. The molecule has 0 unspecified atom stereocenters. The summed E-state index contributed by atoms with van der Waals surface area (Å²) < 4.78 is 10.7. The topological polar surface area (TPSA) is 48.2 Å². The first-order valence-corrected chi connectivity index (χ1v) is 7.36. The van der Waals surface area contributed by atoms with Gasteiger partial charge in [-0.2, -0.15) is 16.3 Å². The summed E-state index contributed by atoms with van der Waals surface area (Å²) in [5, 5.41) is 8.62. The summed E-state index contributed by atoms with van der Waals surface area (Å²) in [4.78, 5) is 4.24. The Morgan fingerprint density at radius 2 is 2.00 bits per heavy atom. The van der Waals surface area contributed by atoms with Gasteiger partial charge in [0, 0.05) is 5.38 Å². The van der Waals surface area contributed by atoms with E-state index in [1.807, 2.05) is 16.8 Å². The van der Waals surface area contributed by atoms with E-state index in [9.17, 15) is 0 Å². The van der Waals surface area contributed by atoms with E-state index < -0.39 is 0 Å². The highest BCUT2D eigenvalue weighted by Crippen LogP contribution is 2.32. The molecule has 0 saturated carbocycles. The van der Waals surface area contributed by atoms with Crippen molar-refractivity contribution < 1.29 is 9.26 Å². The van der Waals surface area contributed by atoms with Crippen molar-refractivity contribution in [3.05, 3.63) is 50.9 Å². The van der Waals surface area contributed by atoms with Crippen LogP contribution >= 0.6 is 34.5 Å². The lowest BCUT2D eigenvalue weighted by Gasteiger charge is -2.06. The van der Waals surface area contributed by atoms with Gasteiger partial charge in [-0.25, -0.2) is 0 Å². The number of ether oxygens (including phenoxy) is 1. The van der Waals surface area contributed by atoms with Crippen LogP contribution in [0.15, 0.2) is 39.5 Å². The van der Waals surface area contributed by atoms with Crippen molar-refractivity contribution in [2.45, 2.75) is 6.61 Å². The van der Waals surface area contributed by atoms with Crippen LogP contribution in [-0.4, -0.2) is 10.1 Å². The Kier molecular flexibility index (Phi) is 3.91. The Hall–Kier alpha value is -1.56. The van der Waals surface area contributed by atoms with E-state index in [1.54, 1.807) is 29.5 Å². The van der Waals surface area contributed by atoms with Gasteiger partial charge in [0.2, 0.25) is 5.82 Å². The molecular weight excluding hydrogens is 319 g/mol. The lowest BCUT2D eigenvalue weighted by Crippen LogP contribution is -1.98. The first kappa shape index (κ1) is 13.4. The molecule has 0 amide bonds. The Bertz CT molecular complexity index is 693. The largest absolute Gasteiger partial charge is 0.482 e. The first-order chi connectivity index (χ1) is 9.74. The van der Waals surface area contributed by atoms with Gasteiger partial charge >= 0.3 is 0 Å². The SMILES string of the molecule is Clc1cccc(Cl)c1OCc1noc(-c2ccsc2)n1. The minimum Gasteiger partial charge on any atom is -0.482 e. The smallest absolute Gasteiger partial charge is 0.258 e. The summed E-state index contributed by atoms with van der Waals surface area (Å²) in [5.74, 6) is 1.31. The molecule has 4 nitrogen and oxygen atoms in total. The third-order valence-electron chi connectivity index (χ3n) is 2.50. The molecule has 0 aliphatic rings. The standard InChI is InChI=1S/C13H8Cl2N2O2S/c14-9-2-1-3-10(15)12(9)18-6-11-16-13(19-17-11)8-4-5-20-7-8/h1-5,7H,6H2. The van der Waals surface area contributed by atoms with Gasteiger partial charge in [-0.1, -0.05) is 34.4 Å². The van der Waals surface area contributed by atoms with Crippen LogP contribution < -0.4 is 4.74 Å². The van der Waals surface area contributed by atoms with Gasteiger partial charge in [0.1, 0.15) is 0 Å². The Labute approximate surface area is 128 Å². The quantitative estimate of drug-likeness (QED) is 0.698. The Morgan fingerprint density at radius 1 is 1.20 bits per heavy atom. The monoisotopic (exact) mass is 326 g/mol. The maximum atomic E-state index is 6.01. The maximum Gasteiger partial charge on any atom is 0.258 e. The van der Waals surface area contributed by atoms with E-state index in [2.05, 4.69) is 10.1 Å². The normalized spacial score (nSPS) is 10.7. The predicted octanol–water partition coefficient (Wildman–Crippen LogP) is 4.68. The van der Waals surface area contributed by atoms with Crippen LogP contribution in [-0.2, 0) is 6.61 Å². The Morgan fingerprint density at radius 3 is 2.70 bits per heavy atom. The van der Waals surface area contributed by atoms with Crippen molar-refractivity contribution in [2.24, 2.45) is 0 Å². The average Bonchev–Trinajstić information content (AvgIpc) is 3.09. The summed E-state index contributed by atoms with van der Waals surface area (Å²) in [6.45, 7) is 0.136. The number of para-hydroxylation sites is 1. The molecule has 20 heavy (non-hydrogen) atoms. The van der Waals surface area contributed by atoms with Gasteiger partial charge in [0.15, 0.2) is 12.4 Å². The molecule has 0 spiro atoms. The highest BCUT2D eigenvalue weighted by Gasteiger charge is 2.12. The molecular formula is C13H8Cl2N2O2S. The second kappa shape index (κ2) is 5.83. The molecule has 0 aliphatic carbocycles. The van der Waals surface area contributed by atoms with Crippen LogP contribution in [0.25, 0.3) is 11.5 Å². The van der Waals surface area contributed by atoms with Crippen LogP contribution in [0.2, 0.25) is 10.0 Å². The molecule has 0 bridgehead atoms. The fourth-order valence-electron chi connectivity index (χ4n) is 1.57. The zero-order valence-electron chi connectivity index (χ0n) is 10.0. The zero-order chi connectivity index (χ0) is 13.9. The van der Waals surface area contributed by atoms with E-state index in [4.69, 9.17) is 32.5 Å². The number of thiophene rings is 1. The van der Waals surface area contributed by atoms with Crippen LogP contribution in [0, 0.1) is 0 Å². The van der Waals surface area contributed by atoms with E-state index in [1.165, 1.54) is 0 Å². The number of nitrogens with zero attached hydrogens (tertiary/aromatic N) is 2. The number of benzene rings is 1. The highest BCUT2D eigenvalue weighted by atomic mass is 35.5. The molecule has 3 rings (SSSR count). The van der Waals surface area contributed by atoms with Crippen LogP contribution in [0.3, 0.4) is 0 Å².